The molecule has 0 N–H and O–H groups in total. The maximum absolute atomic E-state index is 12.9. The molecule has 17 heavy (non-hydrogen) atoms. The van der Waals surface area contributed by atoms with Crippen molar-refractivity contribution in [3.8, 4) is 11.6 Å². The van der Waals surface area contributed by atoms with E-state index in [4.69, 9.17) is 27.9 Å². The molecular formula is C10H4BrCl2FN2O. The van der Waals surface area contributed by atoms with Gasteiger partial charge in [-0.1, -0.05) is 11.6 Å². The van der Waals surface area contributed by atoms with Gasteiger partial charge in [0.2, 0.25) is 11.2 Å². The Labute approximate surface area is 115 Å². The summed E-state index contributed by atoms with van der Waals surface area (Å²) in [4.78, 5) is 7.51. The van der Waals surface area contributed by atoms with Crippen molar-refractivity contribution in [3.05, 3.63) is 45.0 Å². The number of benzene rings is 1. The number of rotatable bonds is 2. The van der Waals surface area contributed by atoms with Crippen LogP contribution in [0.4, 0.5) is 4.39 Å². The zero-order valence-electron chi connectivity index (χ0n) is 8.12. The molecule has 1 heterocycles. The SMILES string of the molecule is Fc1ccc(Oc2nc(Cl)ncc2Cl)c(Br)c1. The molecule has 0 aliphatic heterocycles. The van der Waals surface area contributed by atoms with Gasteiger partial charge in [0.05, 0.1) is 10.7 Å². The molecule has 0 unspecified atom stereocenters. The average Bonchev–Trinajstić information content (AvgIpc) is 2.27. The van der Waals surface area contributed by atoms with E-state index in [1.165, 1.54) is 24.4 Å². The van der Waals surface area contributed by atoms with Crippen LogP contribution in [0.25, 0.3) is 0 Å². The van der Waals surface area contributed by atoms with Gasteiger partial charge in [0, 0.05) is 0 Å². The first kappa shape index (κ1) is 12.5. The van der Waals surface area contributed by atoms with E-state index in [0.717, 1.165) is 0 Å². The van der Waals surface area contributed by atoms with Crippen LogP contribution in [0.15, 0.2) is 28.9 Å². The van der Waals surface area contributed by atoms with Gasteiger partial charge in [0.15, 0.2) is 0 Å². The van der Waals surface area contributed by atoms with Crippen LogP contribution in [0, 0.1) is 5.82 Å². The van der Waals surface area contributed by atoms with Crippen molar-refractivity contribution in [3.63, 3.8) is 0 Å². The van der Waals surface area contributed by atoms with Crippen LogP contribution < -0.4 is 4.74 Å². The molecule has 0 aliphatic rings. The van der Waals surface area contributed by atoms with E-state index >= 15 is 0 Å². The van der Waals surface area contributed by atoms with Gasteiger partial charge in [-0.15, -0.1) is 0 Å². The number of nitrogens with zero attached hydrogens (tertiary/aromatic N) is 2. The van der Waals surface area contributed by atoms with Crippen LogP contribution in [0.5, 0.6) is 11.6 Å². The summed E-state index contributed by atoms with van der Waals surface area (Å²) in [5.41, 5.74) is 0. The summed E-state index contributed by atoms with van der Waals surface area (Å²) >= 11 is 14.6. The van der Waals surface area contributed by atoms with Crippen molar-refractivity contribution >= 4 is 39.1 Å². The Morgan fingerprint density at radius 2 is 2.06 bits per heavy atom. The van der Waals surface area contributed by atoms with Crippen LogP contribution in [0.1, 0.15) is 0 Å². The van der Waals surface area contributed by atoms with E-state index in [1.54, 1.807) is 0 Å². The Kier molecular flexibility index (Phi) is 3.81. The molecule has 0 atom stereocenters. The number of hydrogen-bond donors (Lipinski definition) is 0. The van der Waals surface area contributed by atoms with Crippen molar-refractivity contribution in [2.24, 2.45) is 0 Å². The molecule has 88 valence electrons. The molecule has 3 nitrogen and oxygen atoms in total. The minimum absolute atomic E-state index is 0.0163. The van der Waals surface area contributed by atoms with Crippen molar-refractivity contribution < 1.29 is 9.13 Å². The second-order valence-corrected chi connectivity index (χ2v) is 4.57. The summed E-state index contributed by atoms with van der Waals surface area (Å²) in [6, 6.07) is 3.98. The van der Waals surface area contributed by atoms with Gasteiger partial charge in [-0.25, -0.2) is 9.37 Å². The number of halogens is 4. The summed E-state index contributed by atoms with van der Waals surface area (Å²) in [5, 5.41) is 0.230. The molecule has 7 heteroatoms. The zero-order valence-corrected chi connectivity index (χ0v) is 11.2. The number of aromatic nitrogens is 2. The number of ether oxygens (including phenoxy) is 1. The van der Waals surface area contributed by atoms with E-state index in [2.05, 4.69) is 25.9 Å². The maximum Gasteiger partial charge on any atom is 0.242 e. The van der Waals surface area contributed by atoms with Gasteiger partial charge < -0.3 is 4.74 Å². The fourth-order valence-electron chi connectivity index (χ4n) is 1.06. The average molecular weight is 338 g/mol. The lowest BCUT2D eigenvalue weighted by Gasteiger charge is -2.07. The monoisotopic (exact) mass is 336 g/mol. The Morgan fingerprint density at radius 1 is 1.29 bits per heavy atom. The maximum atomic E-state index is 12.9. The molecule has 0 bridgehead atoms. The highest BCUT2D eigenvalue weighted by Gasteiger charge is 2.09. The zero-order chi connectivity index (χ0) is 12.4. The van der Waals surface area contributed by atoms with Crippen molar-refractivity contribution in [2.45, 2.75) is 0 Å². The van der Waals surface area contributed by atoms with Crippen molar-refractivity contribution in [2.75, 3.05) is 0 Å². The van der Waals surface area contributed by atoms with E-state index in [9.17, 15) is 4.39 Å². The molecule has 0 aliphatic carbocycles. The molecule has 0 amide bonds. The predicted molar refractivity (Wildman–Crippen MR) is 66.2 cm³/mol. The first-order valence-electron chi connectivity index (χ1n) is 4.37. The highest BCUT2D eigenvalue weighted by Crippen LogP contribution is 2.32. The normalized spacial score (nSPS) is 10.4. The van der Waals surface area contributed by atoms with Gasteiger partial charge in [0.1, 0.15) is 16.6 Å². The van der Waals surface area contributed by atoms with Crippen molar-refractivity contribution in [1.82, 2.24) is 9.97 Å². The molecule has 0 saturated carbocycles. The first-order valence-corrected chi connectivity index (χ1v) is 5.92. The molecule has 0 radical (unpaired) electrons. The summed E-state index contributed by atoms with van der Waals surface area (Å²) in [6.45, 7) is 0. The smallest absolute Gasteiger partial charge is 0.242 e. The third-order valence-corrected chi connectivity index (χ3v) is 2.84. The van der Waals surface area contributed by atoms with Gasteiger partial charge in [-0.2, -0.15) is 4.98 Å². The molecule has 0 spiro atoms. The fraction of sp³-hybridized carbons (Fsp3) is 0. The molecule has 1 aromatic carbocycles. The van der Waals surface area contributed by atoms with Gasteiger partial charge >= 0.3 is 0 Å². The Hall–Kier alpha value is -0.910. The van der Waals surface area contributed by atoms with Gasteiger partial charge in [-0.3, -0.25) is 0 Å². The Bertz CT molecular complexity index is 568. The van der Waals surface area contributed by atoms with Crippen LogP contribution in [0.3, 0.4) is 0 Å². The van der Waals surface area contributed by atoms with E-state index in [-0.39, 0.29) is 22.0 Å². The second-order valence-electron chi connectivity index (χ2n) is 2.97. The quantitative estimate of drug-likeness (QED) is 0.758. The van der Waals surface area contributed by atoms with Crippen molar-refractivity contribution in [1.29, 1.82) is 0 Å². The highest BCUT2D eigenvalue weighted by atomic mass is 79.9. The minimum atomic E-state index is -0.379. The molecular weight excluding hydrogens is 334 g/mol. The Balaban J connectivity index is 2.34. The second kappa shape index (κ2) is 5.16. The minimum Gasteiger partial charge on any atom is -0.436 e. The predicted octanol–water partition coefficient (Wildman–Crippen LogP) is 4.48. The summed E-state index contributed by atoms with van der Waals surface area (Å²) < 4.78 is 18.7. The number of hydrogen-bond acceptors (Lipinski definition) is 3. The largest absolute Gasteiger partial charge is 0.436 e. The lowest BCUT2D eigenvalue weighted by atomic mass is 10.3. The topological polar surface area (TPSA) is 35.0 Å². The van der Waals surface area contributed by atoms with E-state index < -0.39 is 0 Å². The standard InChI is InChI=1S/C10H4BrCl2FN2O/c11-6-3-5(14)1-2-8(6)17-9-7(12)4-15-10(13)16-9/h1-4H. The highest BCUT2D eigenvalue weighted by molar-refractivity contribution is 9.10. The molecule has 0 fully saturated rings. The van der Waals surface area contributed by atoms with Gasteiger partial charge in [0.25, 0.3) is 0 Å². The molecule has 0 saturated heterocycles. The summed E-state index contributed by atoms with van der Waals surface area (Å²) in [6.07, 6.45) is 1.32. The summed E-state index contributed by atoms with van der Waals surface area (Å²) in [5.74, 6) is 0.109. The van der Waals surface area contributed by atoms with E-state index in [1.807, 2.05) is 0 Å². The molecule has 1 aromatic heterocycles. The third-order valence-electron chi connectivity index (χ3n) is 1.78. The van der Waals surface area contributed by atoms with Crippen LogP contribution in [-0.2, 0) is 0 Å². The lowest BCUT2D eigenvalue weighted by Crippen LogP contribution is -1.92. The third kappa shape index (κ3) is 3.06. The first-order chi connectivity index (χ1) is 8.06. The molecule has 2 rings (SSSR count). The Morgan fingerprint density at radius 3 is 2.76 bits per heavy atom. The van der Waals surface area contributed by atoms with E-state index in [0.29, 0.717) is 10.2 Å². The van der Waals surface area contributed by atoms with Crippen LogP contribution in [0.2, 0.25) is 10.3 Å². The van der Waals surface area contributed by atoms with Crippen LogP contribution in [-0.4, -0.2) is 9.97 Å². The lowest BCUT2D eigenvalue weighted by molar-refractivity contribution is 0.457. The van der Waals surface area contributed by atoms with Crippen LogP contribution >= 0.6 is 39.1 Å². The van der Waals surface area contributed by atoms with Gasteiger partial charge in [-0.05, 0) is 45.7 Å². The fourth-order valence-corrected chi connectivity index (χ4v) is 1.75. The summed E-state index contributed by atoms with van der Waals surface area (Å²) in [7, 11) is 0. The molecule has 2 aromatic rings.